The average Bonchev–Trinajstić information content (AvgIpc) is 2.77. The van der Waals surface area contributed by atoms with Crippen LogP contribution >= 0.6 is 11.8 Å². The van der Waals surface area contributed by atoms with Crippen LogP contribution in [0.5, 0.6) is 0 Å². The number of benzene rings is 2. The van der Waals surface area contributed by atoms with Gasteiger partial charge in [0.1, 0.15) is 0 Å². The van der Waals surface area contributed by atoms with Crippen molar-refractivity contribution >= 4 is 28.6 Å². The van der Waals surface area contributed by atoms with E-state index >= 15 is 0 Å². The van der Waals surface area contributed by atoms with Gasteiger partial charge in [0, 0.05) is 19.8 Å². The highest BCUT2D eigenvalue weighted by molar-refractivity contribution is 7.99. The molecular formula is C23H27N3O3S. The maximum Gasteiger partial charge on any atom is 0.262 e. The Hall–Kier alpha value is -2.64. The minimum absolute atomic E-state index is 0.0855. The highest BCUT2D eigenvalue weighted by Gasteiger charge is 2.14. The summed E-state index contributed by atoms with van der Waals surface area (Å²) in [6, 6.07) is 17.0. The number of hydrogen-bond acceptors (Lipinski definition) is 5. The summed E-state index contributed by atoms with van der Waals surface area (Å²) in [6.45, 7) is 5.62. The Kier molecular flexibility index (Phi) is 8.04. The first-order chi connectivity index (χ1) is 14.6. The van der Waals surface area contributed by atoms with Gasteiger partial charge in [-0.3, -0.25) is 14.2 Å². The molecule has 0 unspecified atom stereocenters. The number of nitrogens with zero attached hydrogens (tertiary/aromatic N) is 2. The Morgan fingerprint density at radius 3 is 2.67 bits per heavy atom. The van der Waals surface area contributed by atoms with Crippen molar-refractivity contribution in [3.05, 3.63) is 70.5 Å². The standard InChI is InChI=1S/C23H27N3O3S/c1-3-29-15-9-14-26-22(28)19-12-7-8-13-20(19)25-23(26)30-16-21(27)24-17(2)18-10-5-4-6-11-18/h4-8,10-13,17H,3,9,14-16H2,1-2H3,(H,24,27)/t17-/m1/s1. The maximum atomic E-state index is 13.0. The third-order valence-corrected chi connectivity index (χ3v) is 5.69. The Morgan fingerprint density at radius 1 is 1.17 bits per heavy atom. The molecule has 0 aliphatic heterocycles. The molecule has 158 valence electrons. The van der Waals surface area contributed by atoms with Crippen LogP contribution in [0.3, 0.4) is 0 Å². The molecule has 1 N–H and O–H groups in total. The number of nitrogens with one attached hydrogen (secondary N) is 1. The van der Waals surface area contributed by atoms with Crippen LogP contribution in [0.4, 0.5) is 0 Å². The SMILES string of the molecule is CCOCCCn1c(SCC(=O)N[C@H](C)c2ccccc2)nc2ccccc2c1=O. The molecule has 1 atom stereocenters. The van der Waals surface area contributed by atoms with Crippen molar-refractivity contribution in [2.24, 2.45) is 0 Å². The summed E-state index contributed by atoms with van der Waals surface area (Å²) in [5.74, 6) is 0.0903. The van der Waals surface area contributed by atoms with Gasteiger partial charge in [-0.05, 0) is 38.0 Å². The Morgan fingerprint density at radius 2 is 1.90 bits per heavy atom. The average molecular weight is 426 g/mol. The quantitative estimate of drug-likeness (QED) is 0.304. The first kappa shape index (κ1) is 22.1. The number of carbonyl (C=O) groups excluding carboxylic acids is 1. The van der Waals surface area contributed by atoms with Crippen LogP contribution < -0.4 is 10.9 Å². The van der Waals surface area contributed by atoms with Gasteiger partial charge in [-0.2, -0.15) is 0 Å². The van der Waals surface area contributed by atoms with Gasteiger partial charge < -0.3 is 10.1 Å². The van der Waals surface area contributed by atoms with Gasteiger partial charge in [0.25, 0.3) is 5.56 Å². The van der Waals surface area contributed by atoms with Crippen molar-refractivity contribution in [1.82, 2.24) is 14.9 Å². The molecule has 1 aromatic heterocycles. The lowest BCUT2D eigenvalue weighted by Crippen LogP contribution is -2.29. The van der Waals surface area contributed by atoms with Crippen LogP contribution in [-0.4, -0.2) is 34.4 Å². The Labute approximate surface area is 180 Å². The van der Waals surface area contributed by atoms with Crippen molar-refractivity contribution in [2.45, 2.75) is 38.0 Å². The van der Waals surface area contributed by atoms with Gasteiger partial charge in [0.05, 0.1) is 22.7 Å². The highest BCUT2D eigenvalue weighted by Crippen LogP contribution is 2.19. The van der Waals surface area contributed by atoms with E-state index in [4.69, 9.17) is 4.74 Å². The lowest BCUT2D eigenvalue weighted by Gasteiger charge is -2.15. The van der Waals surface area contributed by atoms with Crippen LogP contribution in [0, 0.1) is 0 Å². The van der Waals surface area contributed by atoms with Crippen molar-refractivity contribution in [1.29, 1.82) is 0 Å². The van der Waals surface area contributed by atoms with E-state index in [0.717, 1.165) is 5.56 Å². The fraction of sp³-hybridized carbons (Fsp3) is 0.348. The van der Waals surface area contributed by atoms with Gasteiger partial charge >= 0.3 is 0 Å². The normalized spacial score (nSPS) is 12.1. The monoisotopic (exact) mass is 425 g/mol. The largest absolute Gasteiger partial charge is 0.382 e. The molecule has 0 aliphatic carbocycles. The predicted octanol–water partition coefficient (Wildman–Crippen LogP) is 3.79. The number of rotatable bonds is 10. The van der Waals surface area contributed by atoms with Crippen molar-refractivity contribution < 1.29 is 9.53 Å². The molecule has 0 aliphatic rings. The molecule has 0 saturated heterocycles. The topological polar surface area (TPSA) is 73.2 Å². The van der Waals surface area contributed by atoms with E-state index in [9.17, 15) is 9.59 Å². The number of ether oxygens (including phenoxy) is 1. The number of para-hydroxylation sites is 1. The van der Waals surface area contributed by atoms with Crippen LogP contribution in [0.1, 0.15) is 31.9 Å². The van der Waals surface area contributed by atoms with E-state index in [-0.39, 0.29) is 23.3 Å². The zero-order chi connectivity index (χ0) is 21.3. The van der Waals surface area contributed by atoms with E-state index in [1.807, 2.05) is 62.4 Å². The van der Waals surface area contributed by atoms with Gasteiger partial charge in [0.15, 0.2) is 5.16 Å². The van der Waals surface area contributed by atoms with Crippen molar-refractivity contribution in [3.8, 4) is 0 Å². The fourth-order valence-corrected chi connectivity index (χ4v) is 4.00. The van der Waals surface area contributed by atoms with Crippen molar-refractivity contribution in [2.75, 3.05) is 19.0 Å². The molecule has 1 amide bonds. The number of amides is 1. The molecule has 0 bridgehead atoms. The summed E-state index contributed by atoms with van der Waals surface area (Å²) < 4.78 is 7.05. The van der Waals surface area contributed by atoms with Crippen LogP contribution in [0.25, 0.3) is 10.9 Å². The van der Waals surface area contributed by atoms with Gasteiger partial charge in [-0.25, -0.2) is 4.98 Å². The molecule has 3 aromatic rings. The number of thioether (sulfide) groups is 1. The molecule has 6 nitrogen and oxygen atoms in total. The van der Waals surface area contributed by atoms with Gasteiger partial charge in [-0.15, -0.1) is 0 Å². The summed E-state index contributed by atoms with van der Waals surface area (Å²) in [7, 11) is 0. The van der Waals surface area contributed by atoms with Gasteiger partial charge in [0.2, 0.25) is 5.91 Å². The Balaban J connectivity index is 1.73. The molecule has 0 spiro atoms. The molecule has 3 rings (SSSR count). The van der Waals surface area contributed by atoms with E-state index in [1.165, 1.54) is 11.8 Å². The predicted molar refractivity (Wildman–Crippen MR) is 121 cm³/mol. The summed E-state index contributed by atoms with van der Waals surface area (Å²) in [4.78, 5) is 30.1. The molecule has 7 heteroatoms. The highest BCUT2D eigenvalue weighted by atomic mass is 32.2. The number of aromatic nitrogens is 2. The summed E-state index contributed by atoms with van der Waals surface area (Å²) in [5, 5.41) is 4.14. The molecule has 0 saturated carbocycles. The third-order valence-electron chi connectivity index (χ3n) is 4.71. The van der Waals surface area contributed by atoms with Gasteiger partial charge in [-0.1, -0.05) is 54.2 Å². The minimum atomic E-state index is -0.0976. The van der Waals surface area contributed by atoms with Crippen LogP contribution in [0.15, 0.2) is 64.5 Å². The second-order valence-corrected chi connectivity index (χ2v) is 7.85. The first-order valence-electron chi connectivity index (χ1n) is 10.1. The molecule has 0 fully saturated rings. The first-order valence-corrected chi connectivity index (χ1v) is 11.1. The number of hydrogen-bond donors (Lipinski definition) is 1. The molecule has 2 aromatic carbocycles. The van der Waals surface area contributed by atoms with E-state index < -0.39 is 0 Å². The molecular weight excluding hydrogens is 398 g/mol. The number of carbonyl (C=O) groups is 1. The molecule has 30 heavy (non-hydrogen) atoms. The maximum absolute atomic E-state index is 13.0. The zero-order valence-electron chi connectivity index (χ0n) is 17.3. The fourth-order valence-electron chi connectivity index (χ4n) is 3.16. The smallest absolute Gasteiger partial charge is 0.262 e. The minimum Gasteiger partial charge on any atom is -0.382 e. The van der Waals surface area contributed by atoms with Crippen molar-refractivity contribution in [3.63, 3.8) is 0 Å². The van der Waals surface area contributed by atoms with E-state index in [2.05, 4.69) is 10.3 Å². The van der Waals surface area contributed by atoms with Crippen LogP contribution in [-0.2, 0) is 16.1 Å². The summed E-state index contributed by atoms with van der Waals surface area (Å²) >= 11 is 1.28. The number of fused-ring (bicyclic) bond motifs is 1. The lowest BCUT2D eigenvalue weighted by molar-refractivity contribution is -0.119. The second kappa shape index (κ2) is 10.9. The zero-order valence-corrected chi connectivity index (χ0v) is 18.2. The second-order valence-electron chi connectivity index (χ2n) is 6.91. The lowest BCUT2D eigenvalue weighted by atomic mass is 10.1. The third kappa shape index (κ3) is 5.70. The summed E-state index contributed by atoms with van der Waals surface area (Å²) in [6.07, 6.45) is 0.707. The van der Waals surface area contributed by atoms with E-state index in [1.54, 1.807) is 10.6 Å². The Bertz CT molecular complexity index is 1040. The molecule has 0 radical (unpaired) electrons. The molecule has 1 heterocycles. The van der Waals surface area contributed by atoms with Crippen LogP contribution in [0.2, 0.25) is 0 Å². The van der Waals surface area contributed by atoms with E-state index in [0.29, 0.717) is 42.2 Å². The summed E-state index contributed by atoms with van der Waals surface area (Å²) in [5.41, 5.74) is 1.61.